The minimum absolute atomic E-state index is 0.118. The van der Waals surface area contributed by atoms with Crippen LogP contribution in [-0.2, 0) is 9.59 Å². The molecule has 3 aromatic rings. The van der Waals surface area contributed by atoms with Crippen LogP contribution in [0.15, 0.2) is 60.7 Å². The first-order chi connectivity index (χ1) is 15.4. The second-order valence-corrected chi connectivity index (χ2v) is 7.84. The molecule has 0 aliphatic carbocycles. The van der Waals surface area contributed by atoms with Crippen LogP contribution < -0.4 is 10.6 Å². The van der Waals surface area contributed by atoms with E-state index in [1.165, 1.54) is 0 Å². The minimum Gasteiger partial charge on any atom is -0.325 e. The number of anilines is 2. The number of carbonyl (C=O) groups is 2. The van der Waals surface area contributed by atoms with Crippen molar-refractivity contribution in [3.8, 4) is 5.69 Å². The molecule has 0 spiro atoms. The number of rotatable bonds is 9. The molecule has 2 aromatic carbocycles. The average molecular weight is 434 g/mol. The SMILES string of the molecule is CCCN(CC(=O)Nc1c(C)nn(-c2ccccc2)c1C)C(C)C(=O)Nc1ccccc1. The molecule has 0 saturated carbocycles. The molecule has 3 rings (SSSR count). The van der Waals surface area contributed by atoms with Gasteiger partial charge in [-0.1, -0.05) is 43.3 Å². The standard InChI is InChI=1S/C25H31N5O2/c1-5-16-29(20(4)25(32)26-21-12-8-6-9-13-21)17-23(31)27-24-18(2)28-30(19(24)3)22-14-10-7-11-15-22/h6-15,20H,5,16-17H2,1-4H3,(H,26,32)(H,27,31). The number of nitrogens with one attached hydrogen (secondary N) is 2. The number of amides is 2. The van der Waals surface area contributed by atoms with Gasteiger partial charge in [-0.2, -0.15) is 5.10 Å². The maximum Gasteiger partial charge on any atom is 0.241 e. The summed E-state index contributed by atoms with van der Waals surface area (Å²) in [5.74, 6) is -0.307. The summed E-state index contributed by atoms with van der Waals surface area (Å²) in [6.07, 6.45) is 0.834. The zero-order valence-electron chi connectivity index (χ0n) is 19.1. The van der Waals surface area contributed by atoms with E-state index in [4.69, 9.17) is 0 Å². The van der Waals surface area contributed by atoms with Crippen molar-refractivity contribution in [3.05, 3.63) is 72.1 Å². The van der Waals surface area contributed by atoms with Gasteiger partial charge in [0.25, 0.3) is 0 Å². The normalized spacial score (nSPS) is 11.9. The van der Waals surface area contributed by atoms with Gasteiger partial charge in [0.2, 0.25) is 11.8 Å². The zero-order valence-corrected chi connectivity index (χ0v) is 19.1. The van der Waals surface area contributed by atoms with E-state index in [9.17, 15) is 9.59 Å². The predicted octanol–water partition coefficient (Wildman–Crippen LogP) is 4.17. The predicted molar refractivity (Wildman–Crippen MR) is 128 cm³/mol. The van der Waals surface area contributed by atoms with Crippen molar-refractivity contribution in [2.45, 2.75) is 40.2 Å². The molecule has 0 fully saturated rings. The van der Waals surface area contributed by atoms with Crippen molar-refractivity contribution in [2.75, 3.05) is 23.7 Å². The Hall–Kier alpha value is -3.45. The third kappa shape index (κ3) is 5.62. The Morgan fingerprint density at radius 1 is 1.00 bits per heavy atom. The van der Waals surface area contributed by atoms with Crippen molar-refractivity contribution in [3.63, 3.8) is 0 Å². The van der Waals surface area contributed by atoms with Crippen molar-refractivity contribution in [1.29, 1.82) is 0 Å². The summed E-state index contributed by atoms with van der Waals surface area (Å²) in [6.45, 7) is 8.42. The van der Waals surface area contributed by atoms with Gasteiger partial charge < -0.3 is 10.6 Å². The zero-order chi connectivity index (χ0) is 23.1. The maximum absolute atomic E-state index is 12.9. The second-order valence-electron chi connectivity index (χ2n) is 7.84. The molecule has 32 heavy (non-hydrogen) atoms. The lowest BCUT2D eigenvalue weighted by atomic mass is 10.2. The Morgan fingerprint density at radius 3 is 2.25 bits per heavy atom. The molecule has 1 heterocycles. The molecule has 7 heteroatoms. The number of carbonyl (C=O) groups excluding carboxylic acids is 2. The van der Waals surface area contributed by atoms with E-state index in [1.54, 1.807) is 0 Å². The van der Waals surface area contributed by atoms with Crippen LogP contribution >= 0.6 is 0 Å². The van der Waals surface area contributed by atoms with Crippen LogP contribution in [0.5, 0.6) is 0 Å². The number of hydrogen-bond acceptors (Lipinski definition) is 4. The topological polar surface area (TPSA) is 79.3 Å². The monoisotopic (exact) mass is 433 g/mol. The Morgan fingerprint density at radius 2 is 1.62 bits per heavy atom. The van der Waals surface area contributed by atoms with Crippen molar-refractivity contribution >= 4 is 23.2 Å². The number of benzene rings is 2. The fourth-order valence-corrected chi connectivity index (χ4v) is 3.64. The summed E-state index contributed by atoms with van der Waals surface area (Å²) in [4.78, 5) is 27.5. The van der Waals surface area contributed by atoms with Gasteiger partial charge in [0.1, 0.15) is 0 Å². The van der Waals surface area contributed by atoms with Gasteiger partial charge in [-0.05, 0) is 58.0 Å². The largest absolute Gasteiger partial charge is 0.325 e. The summed E-state index contributed by atoms with van der Waals surface area (Å²) in [5, 5.41) is 10.5. The van der Waals surface area contributed by atoms with E-state index in [1.807, 2.05) is 97.9 Å². The van der Waals surface area contributed by atoms with Crippen LogP contribution in [0, 0.1) is 13.8 Å². The molecule has 0 radical (unpaired) electrons. The van der Waals surface area contributed by atoms with E-state index < -0.39 is 6.04 Å². The lowest BCUT2D eigenvalue weighted by Gasteiger charge is -2.27. The van der Waals surface area contributed by atoms with E-state index in [0.29, 0.717) is 12.2 Å². The van der Waals surface area contributed by atoms with Crippen molar-refractivity contribution in [1.82, 2.24) is 14.7 Å². The fourth-order valence-electron chi connectivity index (χ4n) is 3.64. The smallest absolute Gasteiger partial charge is 0.241 e. The maximum atomic E-state index is 12.9. The highest BCUT2D eigenvalue weighted by molar-refractivity contribution is 5.96. The van der Waals surface area contributed by atoms with Gasteiger partial charge in [-0.25, -0.2) is 4.68 Å². The summed E-state index contributed by atoms with van der Waals surface area (Å²) in [7, 11) is 0. The molecule has 1 atom stereocenters. The molecule has 0 saturated heterocycles. The fraction of sp³-hybridized carbons (Fsp3) is 0.320. The van der Waals surface area contributed by atoms with Gasteiger partial charge in [0.15, 0.2) is 0 Å². The number of aryl methyl sites for hydroxylation is 1. The third-order valence-corrected chi connectivity index (χ3v) is 5.38. The molecule has 0 bridgehead atoms. The summed E-state index contributed by atoms with van der Waals surface area (Å²) in [6, 6.07) is 18.7. The molecule has 0 aliphatic heterocycles. The highest BCUT2D eigenvalue weighted by Crippen LogP contribution is 2.22. The van der Waals surface area contributed by atoms with Crippen LogP contribution in [-0.4, -0.2) is 45.6 Å². The quantitative estimate of drug-likeness (QED) is 0.531. The van der Waals surface area contributed by atoms with Gasteiger partial charge in [0, 0.05) is 5.69 Å². The van der Waals surface area contributed by atoms with E-state index in [0.717, 1.165) is 29.2 Å². The van der Waals surface area contributed by atoms with E-state index in [-0.39, 0.29) is 18.4 Å². The van der Waals surface area contributed by atoms with Crippen LogP contribution in [0.4, 0.5) is 11.4 Å². The highest BCUT2D eigenvalue weighted by atomic mass is 16.2. The number of para-hydroxylation sites is 2. The van der Waals surface area contributed by atoms with Crippen LogP contribution in [0.2, 0.25) is 0 Å². The minimum atomic E-state index is -0.449. The molecule has 1 unspecified atom stereocenters. The Kier molecular flexibility index (Phi) is 7.78. The first-order valence-electron chi connectivity index (χ1n) is 10.9. The molecule has 168 valence electrons. The molecule has 0 aliphatic rings. The average Bonchev–Trinajstić information content (AvgIpc) is 3.07. The van der Waals surface area contributed by atoms with Crippen LogP contribution in [0.1, 0.15) is 31.7 Å². The van der Waals surface area contributed by atoms with E-state index >= 15 is 0 Å². The van der Waals surface area contributed by atoms with Gasteiger partial charge in [-0.15, -0.1) is 0 Å². The Labute approximate surface area is 189 Å². The number of nitrogens with zero attached hydrogens (tertiary/aromatic N) is 3. The number of hydrogen-bond donors (Lipinski definition) is 2. The Balaban J connectivity index is 1.69. The van der Waals surface area contributed by atoms with Gasteiger partial charge >= 0.3 is 0 Å². The molecule has 7 nitrogen and oxygen atoms in total. The van der Waals surface area contributed by atoms with Crippen molar-refractivity contribution in [2.24, 2.45) is 0 Å². The molecular formula is C25H31N5O2. The summed E-state index contributed by atoms with van der Waals surface area (Å²) in [5.41, 5.74) is 3.99. The van der Waals surface area contributed by atoms with Crippen molar-refractivity contribution < 1.29 is 9.59 Å². The van der Waals surface area contributed by atoms with Crippen LogP contribution in [0.3, 0.4) is 0 Å². The molecule has 2 amide bonds. The number of aromatic nitrogens is 2. The van der Waals surface area contributed by atoms with Crippen LogP contribution in [0.25, 0.3) is 5.69 Å². The van der Waals surface area contributed by atoms with Gasteiger partial charge in [-0.3, -0.25) is 14.5 Å². The lowest BCUT2D eigenvalue weighted by molar-refractivity contribution is -0.123. The second kappa shape index (κ2) is 10.7. The molecular weight excluding hydrogens is 402 g/mol. The first-order valence-corrected chi connectivity index (χ1v) is 10.9. The first kappa shape index (κ1) is 23.2. The molecule has 1 aromatic heterocycles. The van der Waals surface area contributed by atoms with E-state index in [2.05, 4.69) is 15.7 Å². The highest BCUT2D eigenvalue weighted by Gasteiger charge is 2.24. The molecule has 2 N–H and O–H groups in total. The Bertz CT molecular complexity index is 1050. The summed E-state index contributed by atoms with van der Waals surface area (Å²) >= 11 is 0. The van der Waals surface area contributed by atoms with Gasteiger partial charge in [0.05, 0.1) is 35.3 Å². The lowest BCUT2D eigenvalue weighted by Crippen LogP contribution is -2.46. The third-order valence-electron chi connectivity index (χ3n) is 5.38. The summed E-state index contributed by atoms with van der Waals surface area (Å²) < 4.78 is 1.82.